The van der Waals surface area contributed by atoms with Crippen LogP contribution in [-0.2, 0) is 9.84 Å². The van der Waals surface area contributed by atoms with E-state index in [9.17, 15) is 8.42 Å². The topological polar surface area (TPSA) is 47.0 Å². The number of benzene rings is 1. The average molecular weight is 295 g/mol. The lowest BCUT2D eigenvalue weighted by atomic mass is 10.1. The van der Waals surface area contributed by atoms with Gasteiger partial charge in [0.1, 0.15) is 0 Å². The summed E-state index contributed by atoms with van der Waals surface area (Å²) in [7, 11) is -3.59. The molecule has 1 aromatic carbocycles. The van der Waals surface area contributed by atoms with Crippen LogP contribution < -0.4 is 0 Å². The molecule has 0 saturated heterocycles. The van der Waals surface area contributed by atoms with E-state index in [0.717, 1.165) is 16.5 Å². The predicted molar refractivity (Wildman–Crippen MR) is 83.5 cm³/mol. The molecule has 3 rings (SSSR count). The molecule has 3 nitrogen and oxygen atoms in total. The Morgan fingerprint density at radius 1 is 1.14 bits per heavy atom. The van der Waals surface area contributed by atoms with E-state index in [1.165, 1.54) is 6.20 Å². The third kappa shape index (κ3) is 2.35. The first-order chi connectivity index (χ1) is 10.1. The molecule has 0 amide bonds. The Bertz CT molecular complexity index is 944. The molecular weight excluding hydrogens is 282 g/mol. The van der Waals surface area contributed by atoms with E-state index in [0.29, 0.717) is 0 Å². The summed E-state index contributed by atoms with van der Waals surface area (Å²) in [5, 5.41) is 0.852. The largest absolute Gasteiger partial charge is 0.255 e. The van der Waals surface area contributed by atoms with Gasteiger partial charge in [0, 0.05) is 11.6 Å². The summed E-state index contributed by atoms with van der Waals surface area (Å²) >= 11 is 0. The van der Waals surface area contributed by atoms with E-state index in [1.807, 2.05) is 31.2 Å². The molecule has 4 heteroatoms. The zero-order valence-electron chi connectivity index (χ0n) is 11.4. The molecule has 1 heterocycles. The second kappa shape index (κ2) is 5.17. The van der Waals surface area contributed by atoms with E-state index in [-0.39, 0.29) is 9.80 Å². The van der Waals surface area contributed by atoms with E-state index in [2.05, 4.69) is 10.7 Å². The molecule has 0 N–H and O–H groups in total. The van der Waals surface area contributed by atoms with Crippen molar-refractivity contribution in [1.82, 2.24) is 4.98 Å². The first kappa shape index (κ1) is 13.6. The van der Waals surface area contributed by atoms with Gasteiger partial charge >= 0.3 is 0 Å². The minimum absolute atomic E-state index is 0.240. The Kier molecular flexibility index (Phi) is 3.34. The number of fused-ring (bicyclic) bond motifs is 1. The zero-order valence-corrected chi connectivity index (χ0v) is 12.3. The maximum atomic E-state index is 12.8. The predicted octanol–water partition coefficient (Wildman–Crippen LogP) is 3.48. The standard InChI is InChI=1S/C17H13NO2S/c1-13-15-10-6-7-11-16(15)18-12-17(13)21(19,20)14-8-4-2-3-5-9-14/h2,4-12H,1H3. The SMILES string of the molecule is Cc1c(S(=O)(=O)C2=CC=C=CC=C2)cnc2ccccc12. The van der Waals surface area contributed by atoms with Crippen molar-refractivity contribution >= 4 is 20.7 Å². The number of nitrogens with zero attached hydrogens (tertiary/aromatic N) is 1. The fourth-order valence-electron chi connectivity index (χ4n) is 2.28. The Labute approximate surface area is 123 Å². The smallest absolute Gasteiger partial charge is 0.208 e. The van der Waals surface area contributed by atoms with Gasteiger partial charge in [-0.2, -0.15) is 0 Å². The fraction of sp³-hybridized carbons (Fsp3) is 0.0588. The van der Waals surface area contributed by atoms with Gasteiger partial charge in [-0.3, -0.25) is 4.98 Å². The van der Waals surface area contributed by atoms with Gasteiger partial charge in [0.2, 0.25) is 9.84 Å². The van der Waals surface area contributed by atoms with Crippen LogP contribution in [0.5, 0.6) is 0 Å². The minimum Gasteiger partial charge on any atom is -0.255 e. The third-order valence-corrected chi connectivity index (χ3v) is 5.28. The van der Waals surface area contributed by atoms with E-state index >= 15 is 0 Å². The van der Waals surface area contributed by atoms with Crippen LogP contribution in [0.25, 0.3) is 10.9 Å². The normalized spacial score (nSPS) is 14.2. The molecule has 0 spiro atoms. The van der Waals surface area contributed by atoms with Crippen molar-refractivity contribution in [3.05, 3.63) is 77.0 Å². The number of hydrogen-bond acceptors (Lipinski definition) is 3. The van der Waals surface area contributed by atoms with Gasteiger partial charge in [-0.25, -0.2) is 8.42 Å². The molecule has 0 radical (unpaired) electrons. The summed E-state index contributed by atoms with van der Waals surface area (Å²) in [5.41, 5.74) is 4.36. The molecule has 0 aliphatic heterocycles. The number of sulfone groups is 1. The Hall–Kier alpha value is -2.42. The highest BCUT2D eigenvalue weighted by molar-refractivity contribution is 7.95. The van der Waals surface area contributed by atoms with Crippen molar-refractivity contribution in [3.63, 3.8) is 0 Å². The van der Waals surface area contributed by atoms with Crippen LogP contribution in [0.3, 0.4) is 0 Å². The molecule has 0 saturated carbocycles. The van der Waals surface area contributed by atoms with E-state index in [4.69, 9.17) is 0 Å². The molecule has 0 unspecified atom stereocenters. The minimum atomic E-state index is -3.59. The van der Waals surface area contributed by atoms with E-state index < -0.39 is 9.84 Å². The summed E-state index contributed by atoms with van der Waals surface area (Å²) in [6.45, 7) is 1.81. The number of aryl methyl sites for hydroxylation is 1. The fourth-order valence-corrected chi connectivity index (χ4v) is 3.74. The van der Waals surface area contributed by atoms with Crippen molar-refractivity contribution in [1.29, 1.82) is 0 Å². The van der Waals surface area contributed by atoms with Gasteiger partial charge in [0.15, 0.2) is 0 Å². The molecule has 21 heavy (non-hydrogen) atoms. The van der Waals surface area contributed by atoms with E-state index in [1.54, 1.807) is 30.4 Å². The quantitative estimate of drug-likeness (QED) is 0.797. The molecular formula is C17H13NO2S. The van der Waals surface area contributed by atoms with Crippen LogP contribution in [0.1, 0.15) is 5.56 Å². The highest BCUT2D eigenvalue weighted by atomic mass is 32.2. The van der Waals surface area contributed by atoms with Crippen LogP contribution in [0.2, 0.25) is 0 Å². The number of allylic oxidation sites excluding steroid dienone is 4. The monoisotopic (exact) mass is 295 g/mol. The van der Waals surface area contributed by atoms with Gasteiger partial charge < -0.3 is 0 Å². The average Bonchev–Trinajstić information content (AvgIpc) is 2.77. The van der Waals surface area contributed by atoms with Crippen molar-refractivity contribution < 1.29 is 8.42 Å². The second-order valence-electron chi connectivity index (χ2n) is 4.70. The molecule has 1 aliphatic carbocycles. The number of aromatic nitrogens is 1. The summed E-state index contributed by atoms with van der Waals surface area (Å²) < 4.78 is 25.6. The molecule has 1 aromatic heterocycles. The molecule has 104 valence electrons. The van der Waals surface area contributed by atoms with Crippen LogP contribution in [0.15, 0.2) is 76.4 Å². The molecule has 0 atom stereocenters. The maximum absolute atomic E-state index is 12.8. The Morgan fingerprint density at radius 2 is 1.95 bits per heavy atom. The number of hydrogen-bond donors (Lipinski definition) is 0. The summed E-state index contributed by atoms with van der Waals surface area (Å²) in [6, 6.07) is 7.52. The molecule has 0 fully saturated rings. The highest BCUT2D eigenvalue weighted by Crippen LogP contribution is 2.28. The first-order valence-electron chi connectivity index (χ1n) is 6.49. The van der Waals surface area contributed by atoms with Gasteiger partial charge in [0.25, 0.3) is 0 Å². The van der Waals surface area contributed by atoms with Gasteiger partial charge in [-0.15, -0.1) is 5.73 Å². The molecule has 0 bridgehead atoms. The summed E-state index contributed by atoms with van der Waals surface area (Å²) in [6.07, 6.45) is 9.48. The van der Waals surface area contributed by atoms with Crippen molar-refractivity contribution in [3.8, 4) is 0 Å². The number of para-hydroxylation sites is 1. The number of rotatable bonds is 2. The lowest BCUT2D eigenvalue weighted by Crippen LogP contribution is -2.06. The summed E-state index contributed by atoms with van der Waals surface area (Å²) in [5.74, 6) is 0. The third-order valence-electron chi connectivity index (χ3n) is 3.40. The molecule has 1 aliphatic rings. The van der Waals surface area contributed by atoms with Crippen LogP contribution in [0.4, 0.5) is 0 Å². The second-order valence-corrected chi connectivity index (χ2v) is 6.61. The van der Waals surface area contributed by atoms with Crippen molar-refractivity contribution in [2.24, 2.45) is 0 Å². The van der Waals surface area contributed by atoms with Crippen LogP contribution >= 0.6 is 0 Å². The van der Waals surface area contributed by atoms with Gasteiger partial charge in [0.05, 0.1) is 15.3 Å². The zero-order chi connectivity index (χ0) is 14.9. The van der Waals surface area contributed by atoms with Crippen LogP contribution in [-0.4, -0.2) is 13.4 Å². The molecule has 2 aromatic rings. The van der Waals surface area contributed by atoms with Crippen molar-refractivity contribution in [2.45, 2.75) is 11.8 Å². The van der Waals surface area contributed by atoms with Gasteiger partial charge in [-0.1, -0.05) is 24.3 Å². The number of pyridine rings is 1. The highest BCUT2D eigenvalue weighted by Gasteiger charge is 2.22. The van der Waals surface area contributed by atoms with Crippen LogP contribution in [0, 0.1) is 6.92 Å². The lowest BCUT2D eigenvalue weighted by Gasteiger charge is -2.10. The Balaban J connectivity index is 2.23. The maximum Gasteiger partial charge on any atom is 0.208 e. The van der Waals surface area contributed by atoms with Gasteiger partial charge in [-0.05, 0) is 42.9 Å². The first-order valence-corrected chi connectivity index (χ1v) is 7.98. The van der Waals surface area contributed by atoms with Crippen molar-refractivity contribution in [2.75, 3.05) is 0 Å². The summed E-state index contributed by atoms with van der Waals surface area (Å²) in [4.78, 5) is 4.75. The lowest BCUT2D eigenvalue weighted by molar-refractivity contribution is 0.602. The Morgan fingerprint density at radius 3 is 2.81 bits per heavy atom.